The molecule has 0 saturated heterocycles. The lowest BCUT2D eigenvalue weighted by Gasteiger charge is -2.02. The van der Waals surface area contributed by atoms with Crippen molar-refractivity contribution >= 4 is 27.9 Å². The van der Waals surface area contributed by atoms with Crippen LogP contribution in [0.15, 0.2) is 35.8 Å². The Balaban J connectivity index is 2.03. The maximum absolute atomic E-state index is 10.8. The topological polar surface area (TPSA) is 61.0 Å². The molecular formula is C13H11N3O2S. The van der Waals surface area contributed by atoms with Gasteiger partial charge in [0, 0.05) is 34.8 Å². The van der Waals surface area contributed by atoms with Crippen molar-refractivity contribution < 1.29 is 4.92 Å². The molecule has 2 heterocycles. The highest BCUT2D eigenvalue weighted by Crippen LogP contribution is 2.23. The van der Waals surface area contributed by atoms with Crippen molar-refractivity contribution in [2.24, 2.45) is 0 Å². The van der Waals surface area contributed by atoms with Crippen molar-refractivity contribution in [1.29, 1.82) is 0 Å². The van der Waals surface area contributed by atoms with Crippen molar-refractivity contribution in [2.45, 2.75) is 13.5 Å². The SMILES string of the molecule is Cc1csc(Cn2ccc3ccc([N+](=O)[O-])cc32)n1. The zero-order chi connectivity index (χ0) is 13.4. The molecule has 0 radical (unpaired) electrons. The Kier molecular flexibility index (Phi) is 2.79. The molecule has 0 aliphatic carbocycles. The van der Waals surface area contributed by atoms with E-state index in [-0.39, 0.29) is 10.6 Å². The van der Waals surface area contributed by atoms with E-state index in [4.69, 9.17) is 0 Å². The fraction of sp³-hybridized carbons (Fsp3) is 0.154. The first-order valence-electron chi connectivity index (χ1n) is 5.78. The van der Waals surface area contributed by atoms with Crippen LogP contribution in [-0.2, 0) is 6.54 Å². The quantitative estimate of drug-likeness (QED) is 0.543. The molecule has 0 N–H and O–H groups in total. The first kappa shape index (κ1) is 11.9. The summed E-state index contributed by atoms with van der Waals surface area (Å²) in [5, 5.41) is 14.8. The minimum atomic E-state index is -0.371. The fourth-order valence-electron chi connectivity index (χ4n) is 2.04. The molecule has 19 heavy (non-hydrogen) atoms. The molecule has 0 amide bonds. The Hall–Kier alpha value is -2.21. The summed E-state index contributed by atoms with van der Waals surface area (Å²) in [6.07, 6.45) is 1.94. The molecule has 1 aromatic carbocycles. The van der Waals surface area contributed by atoms with E-state index >= 15 is 0 Å². The molecule has 96 valence electrons. The molecule has 0 bridgehead atoms. The van der Waals surface area contributed by atoms with E-state index in [1.54, 1.807) is 23.5 Å². The molecule has 6 heteroatoms. The van der Waals surface area contributed by atoms with Crippen LogP contribution in [0.4, 0.5) is 5.69 Å². The zero-order valence-corrected chi connectivity index (χ0v) is 11.1. The lowest BCUT2D eigenvalue weighted by Crippen LogP contribution is -1.98. The minimum Gasteiger partial charge on any atom is -0.340 e. The lowest BCUT2D eigenvalue weighted by molar-refractivity contribution is -0.384. The van der Waals surface area contributed by atoms with Gasteiger partial charge in [0.05, 0.1) is 17.0 Å². The monoisotopic (exact) mass is 273 g/mol. The second kappa shape index (κ2) is 4.47. The Morgan fingerprint density at radius 1 is 1.42 bits per heavy atom. The second-order valence-corrected chi connectivity index (χ2v) is 5.27. The van der Waals surface area contributed by atoms with E-state index in [0.29, 0.717) is 6.54 Å². The molecule has 2 aromatic heterocycles. The molecule has 0 saturated carbocycles. The summed E-state index contributed by atoms with van der Waals surface area (Å²) in [4.78, 5) is 14.9. The lowest BCUT2D eigenvalue weighted by atomic mass is 10.2. The Labute approximate surface area is 113 Å². The molecular weight excluding hydrogens is 262 g/mol. The van der Waals surface area contributed by atoms with Crippen LogP contribution in [0.5, 0.6) is 0 Å². The number of aryl methyl sites for hydroxylation is 1. The minimum absolute atomic E-state index is 0.114. The van der Waals surface area contributed by atoms with Crippen LogP contribution in [0.3, 0.4) is 0 Å². The molecule has 0 aliphatic rings. The van der Waals surface area contributed by atoms with Gasteiger partial charge in [0.25, 0.3) is 5.69 Å². The van der Waals surface area contributed by atoms with Crippen LogP contribution < -0.4 is 0 Å². The van der Waals surface area contributed by atoms with Crippen LogP contribution in [0, 0.1) is 17.0 Å². The maximum Gasteiger partial charge on any atom is 0.271 e. The molecule has 0 atom stereocenters. The van der Waals surface area contributed by atoms with Crippen molar-refractivity contribution in [3.8, 4) is 0 Å². The molecule has 3 rings (SSSR count). The number of fused-ring (bicyclic) bond motifs is 1. The standard InChI is InChI=1S/C13H11N3O2S/c1-9-8-19-13(14-9)7-15-5-4-10-2-3-11(16(17)18)6-12(10)15/h2-6,8H,7H2,1H3. The summed E-state index contributed by atoms with van der Waals surface area (Å²) in [7, 11) is 0. The van der Waals surface area contributed by atoms with E-state index in [1.807, 2.05) is 29.1 Å². The van der Waals surface area contributed by atoms with Crippen molar-refractivity contribution in [3.63, 3.8) is 0 Å². The van der Waals surface area contributed by atoms with E-state index < -0.39 is 0 Å². The number of nitro groups is 1. The first-order valence-corrected chi connectivity index (χ1v) is 6.66. The van der Waals surface area contributed by atoms with Gasteiger partial charge in [-0.3, -0.25) is 10.1 Å². The van der Waals surface area contributed by atoms with E-state index in [0.717, 1.165) is 21.6 Å². The highest BCUT2D eigenvalue weighted by molar-refractivity contribution is 7.09. The van der Waals surface area contributed by atoms with E-state index in [1.165, 1.54) is 6.07 Å². The van der Waals surface area contributed by atoms with Crippen molar-refractivity contribution in [1.82, 2.24) is 9.55 Å². The van der Waals surface area contributed by atoms with Gasteiger partial charge >= 0.3 is 0 Å². The molecule has 3 aromatic rings. The van der Waals surface area contributed by atoms with Gasteiger partial charge in [-0.05, 0) is 19.1 Å². The number of rotatable bonds is 3. The Morgan fingerprint density at radius 3 is 2.95 bits per heavy atom. The summed E-state index contributed by atoms with van der Waals surface area (Å²) in [5.74, 6) is 0. The van der Waals surface area contributed by atoms with Crippen LogP contribution in [0.25, 0.3) is 10.9 Å². The predicted octanol–water partition coefficient (Wildman–Crippen LogP) is 3.36. The number of nitrogens with zero attached hydrogens (tertiary/aromatic N) is 3. The summed E-state index contributed by atoms with van der Waals surface area (Å²) in [6.45, 7) is 2.60. The zero-order valence-electron chi connectivity index (χ0n) is 10.2. The van der Waals surface area contributed by atoms with Gasteiger partial charge in [-0.25, -0.2) is 4.98 Å². The second-order valence-electron chi connectivity index (χ2n) is 4.33. The van der Waals surface area contributed by atoms with Gasteiger partial charge in [0.2, 0.25) is 0 Å². The van der Waals surface area contributed by atoms with Crippen LogP contribution in [0.1, 0.15) is 10.7 Å². The number of nitro benzene ring substituents is 1. The van der Waals surface area contributed by atoms with Crippen LogP contribution in [-0.4, -0.2) is 14.5 Å². The number of benzene rings is 1. The predicted molar refractivity (Wildman–Crippen MR) is 74.5 cm³/mol. The molecule has 5 nitrogen and oxygen atoms in total. The Morgan fingerprint density at radius 2 is 2.26 bits per heavy atom. The molecule has 0 aliphatic heterocycles. The average Bonchev–Trinajstić information content (AvgIpc) is 2.96. The van der Waals surface area contributed by atoms with Gasteiger partial charge in [0.15, 0.2) is 0 Å². The maximum atomic E-state index is 10.8. The van der Waals surface area contributed by atoms with Crippen LogP contribution >= 0.6 is 11.3 Å². The largest absolute Gasteiger partial charge is 0.340 e. The van der Waals surface area contributed by atoms with Crippen molar-refractivity contribution in [2.75, 3.05) is 0 Å². The van der Waals surface area contributed by atoms with Gasteiger partial charge in [0.1, 0.15) is 5.01 Å². The van der Waals surface area contributed by atoms with Crippen LogP contribution in [0.2, 0.25) is 0 Å². The highest BCUT2D eigenvalue weighted by atomic mass is 32.1. The summed E-state index contributed by atoms with van der Waals surface area (Å²) in [5.41, 5.74) is 1.98. The van der Waals surface area contributed by atoms with Gasteiger partial charge in [-0.2, -0.15) is 0 Å². The summed E-state index contributed by atoms with van der Waals surface area (Å²) < 4.78 is 1.99. The third-order valence-corrected chi connectivity index (χ3v) is 3.89. The number of thiazole rings is 1. The van der Waals surface area contributed by atoms with E-state index in [2.05, 4.69) is 4.98 Å². The van der Waals surface area contributed by atoms with Gasteiger partial charge in [-0.1, -0.05) is 0 Å². The first-order chi connectivity index (χ1) is 9.13. The number of hydrogen-bond acceptors (Lipinski definition) is 4. The van der Waals surface area contributed by atoms with Crippen molar-refractivity contribution in [3.05, 3.63) is 56.7 Å². The summed E-state index contributed by atoms with van der Waals surface area (Å²) >= 11 is 1.60. The third kappa shape index (κ3) is 2.22. The normalized spacial score (nSPS) is 11.0. The number of aromatic nitrogens is 2. The molecule has 0 unspecified atom stereocenters. The van der Waals surface area contributed by atoms with Gasteiger partial charge in [-0.15, -0.1) is 11.3 Å². The number of hydrogen-bond donors (Lipinski definition) is 0. The third-order valence-electron chi connectivity index (χ3n) is 2.94. The van der Waals surface area contributed by atoms with E-state index in [9.17, 15) is 10.1 Å². The fourth-order valence-corrected chi connectivity index (χ4v) is 2.81. The molecule has 0 fully saturated rings. The highest BCUT2D eigenvalue weighted by Gasteiger charge is 2.10. The number of non-ortho nitro benzene ring substituents is 1. The molecule has 0 spiro atoms. The summed E-state index contributed by atoms with van der Waals surface area (Å²) in [6, 6.07) is 6.87. The Bertz CT molecular complexity index is 760. The van der Waals surface area contributed by atoms with Gasteiger partial charge < -0.3 is 4.57 Å². The smallest absolute Gasteiger partial charge is 0.271 e. The average molecular weight is 273 g/mol.